The molecule has 6 heteroatoms. The van der Waals surface area contributed by atoms with Gasteiger partial charge in [0.1, 0.15) is 11.9 Å². The highest BCUT2D eigenvalue weighted by Crippen LogP contribution is 2.60. The lowest BCUT2D eigenvalue weighted by molar-refractivity contribution is -0.145. The number of nitrogens with one attached hydrogen (secondary N) is 1. The van der Waals surface area contributed by atoms with Gasteiger partial charge in [-0.25, -0.2) is 0 Å². The first-order chi connectivity index (χ1) is 11.1. The number of rotatable bonds is 4. The van der Waals surface area contributed by atoms with Crippen molar-refractivity contribution in [3.63, 3.8) is 0 Å². The van der Waals surface area contributed by atoms with Crippen LogP contribution >= 0.6 is 15.9 Å². The smallest absolute Gasteiger partial charge is 0.310 e. The molecule has 6 atom stereocenters. The van der Waals surface area contributed by atoms with Gasteiger partial charge in [-0.3, -0.25) is 9.59 Å². The Hall–Kier alpha value is -1.56. The van der Waals surface area contributed by atoms with Crippen molar-refractivity contribution in [1.82, 2.24) is 0 Å². The van der Waals surface area contributed by atoms with Crippen molar-refractivity contribution in [2.45, 2.75) is 24.3 Å². The maximum absolute atomic E-state index is 12.8. The van der Waals surface area contributed by atoms with Crippen LogP contribution in [0.2, 0.25) is 0 Å². The van der Waals surface area contributed by atoms with Gasteiger partial charge in [-0.2, -0.15) is 0 Å². The maximum atomic E-state index is 12.8. The third-order valence-corrected chi connectivity index (χ3v) is 6.47. The third-order valence-electron chi connectivity index (χ3n) is 5.27. The number of alkyl halides is 1. The summed E-state index contributed by atoms with van der Waals surface area (Å²) in [6.07, 6.45) is 0.819. The summed E-state index contributed by atoms with van der Waals surface area (Å²) in [6, 6.07) is 7.36. The molecular weight excluding hydrogens is 362 g/mol. The second-order valence-electron chi connectivity index (χ2n) is 6.38. The molecule has 3 aliphatic rings. The average Bonchev–Trinajstić information content (AvgIpc) is 3.13. The summed E-state index contributed by atoms with van der Waals surface area (Å²) in [7, 11) is 0. The second-order valence-corrected chi connectivity index (χ2v) is 7.44. The molecule has 2 bridgehead atoms. The summed E-state index contributed by atoms with van der Waals surface area (Å²) < 4.78 is 11.0. The molecule has 0 spiro atoms. The van der Waals surface area contributed by atoms with Gasteiger partial charge in [0.25, 0.3) is 0 Å². The van der Waals surface area contributed by atoms with Gasteiger partial charge in [0.15, 0.2) is 0 Å². The quantitative estimate of drug-likeness (QED) is 0.644. The van der Waals surface area contributed by atoms with Crippen molar-refractivity contribution in [3.05, 3.63) is 24.3 Å². The van der Waals surface area contributed by atoms with Gasteiger partial charge in [0.2, 0.25) is 5.91 Å². The van der Waals surface area contributed by atoms with Crippen molar-refractivity contribution in [2.75, 3.05) is 11.9 Å². The van der Waals surface area contributed by atoms with Gasteiger partial charge in [-0.15, -0.1) is 0 Å². The monoisotopic (exact) mass is 379 g/mol. The van der Waals surface area contributed by atoms with E-state index < -0.39 is 0 Å². The van der Waals surface area contributed by atoms with Gasteiger partial charge >= 0.3 is 5.97 Å². The highest BCUT2D eigenvalue weighted by molar-refractivity contribution is 9.09. The SMILES string of the molecule is CCOc1ccccc1NC(=O)[C@@H]1[C@H]2C[C@H]3[C@H](OC(=O)[C@H]31)[C@@H]2Br. The Balaban J connectivity index is 1.58. The van der Waals surface area contributed by atoms with E-state index in [2.05, 4.69) is 21.2 Å². The summed E-state index contributed by atoms with van der Waals surface area (Å²) in [6.45, 7) is 2.43. The van der Waals surface area contributed by atoms with Crippen molar-refractivity contribution in [2.24, 2.45) is 23.7 Å². The molecule has 2 aliphatic carbocycles. The molecule has 1 N–H and O–H groups in total. The van der Waals surface area contributed by atoms with Crippen LogP contribution in [0.15, 0.2) is 24.3 Å². The molecule has 23 heavy (non-hydrogen) atoms. The fraction of sp³-hybridized carbons (Fsp3) is 0.529. The number of halogens is 1. The summed E-state index contributed by atoms with van der Waals surface area (Å²) in [4.78, 5) is 25.0. The van der Waals surface area contributed by atoms with Crippen LogP contribution in [-0.2, 0) is 14.3 Å². The number of para-hydroxylation sites is 2. The molecule has 1 saturated heterocycles. The van der Waals surface area contributed by atoms with Crippen molar-refractivity contribution < 1.29 is 19.1 Å². The predicted octanol–water partition coefficient (Wildman–Crippen LogP) is 2.59. The van der Waals surface area contributed by atoms with Crippen molar-refractivity contribution in [1.29, 1.82) is 0 Å². The van der Waals surface area contributed by atoms with Gasteiger partial charge in [-0.1, -0.05) is 28.1 Å². The molecule has 1 aromatic carbocycles. The van der Waals surface area contributed by atoms with Crippen LogP contribution in [0.4, 0.5) is 5.69 Å². The van der Waals surface area contributed by atoms with Crippen LogP contribution in [0.5, 0.6) is 5.75 Å². The van der Waals surface area contributed by atoms with Crippen LogP contribution in [0, 0.1) is 23.7 Å². The fourth-order valence-corrected chi connectivity index (χ4v) is 5.44. The van der Waals surface area contributed by atoms with E-state index in [4.69, 9.17) is 9.47 Å². The number of benzene rings is 1. The minimum absolute atomic E-state index is 0.0581. The lowest BCUT2D eigenvalue weighted by atomic mass is 9.79. The summed E-state index contributed by atoms with van der Waals surface area (Å²) in [5.74, 6) is 0.0201. The lowest BCUT2D eigenvalue weighted by Gasteiger charge is -2.27. The van der Waals surface area contributed by atoms with E-state index in [1.807, 2.05) is 31.2 Å². The number of amides is 1. The number of carbonyl (C=O) groups is 2. The van der Waals surface area contributed by atoms with Crippen LogP contribution in [0.1, 0.15) is 13.3 Å². The number of carbonyl (C=O) groups excluding carboxylic acids is 2. The lowest BCUT2D eigenvalue weighted by Crippen LogP contribution is -2.40. The topological polar surface area (TPSA) is 64.6 Å². The van der Waals surface area contributed by atoms with E-state index in [0.29, 0.717) is 18.0 Å². The van der Waals surface area contributed by atoms with Gasteiger partial charge in [0, 0.05) is 5.92 Å². The molecule has 0 radical (unpaired) electrons. The van der Waals surface area contributed by atoms with E-state index in [-0.39, 0.29) is 46.5 Å². The number of anilines is 1. The second kappa shape index (κ2) is 5.51. The Labute approximate surface area is 142 Å². The Morgan fingerprint density at radius 3 is 2.96 bits per heavy atom. The van der Waals surface area contributed by atoms with Gasteiger partial charge in [0.05, 0.1) is 29.0 Å². The van der Waals surface area contributed by atoms with E-state index in [9.17, 15) is 9.59 Å². The Kier molecular flexibility index (Phi) is 3.59. The Morgan fingerprint density at radius 2 is 2.17 bits per heavy atom. The normalized spacial score (nSPS) is 36.9. The molecule has 122 valence electrons. The van der Waals surface area contributed by atoms with Crippen LogP contribution in [0.3, 0.4) is 0 Å². The minimum atomic E-state index is -0.328. The van der Waals surface area contributed by atoms with Crippen LogP contribution in [-0.4, -0.2) is 29.4 Å². The van der Waals surface area contributed by atoms with E-state index in [0.717, 1.165) is 6.42 Å². The first-order valence-corrected chi connectivity index (χ1v) is 8.90. The van der Waals surface area contributed by atoms with Crippen molar-refractivity contribution in [3.8, 4) is 5.75 Å². The maximum Gasteiger partial charge on any atom is 0.310 e. The number of hydrogen-bond acceptors (Lipinski definition) is 4. The largest absolute Gasteiger partial charge is 0.492 e. The number of fused-ring (bicyclic) bond motifs is 1. The van der Waals surface area contributed by atoms with E-state index in [1.54, 1.807) is 0 Å². The average molecular weight is 380 g/mol. The third kappa shape index (κ3) is 2.18. The number of hydrogen-bond donors (Lipinski definition) is 1. The zero-order valence-electron chi connectivity index (χ0n) is 12.7. The molecular formula is C17H18BrNO4. The standard InChI is InChI=1S/C17H18BrNO4/c1-2-22-11-6-4-3-5-10(11)19-16(20)12-8-7-9-13(12)17(21)23-15(9)14(8)18/h3-6,8-9,12-15H,2,7H2,1H3,(H,19,20)/t8-,9-,12-,13-,14-,15+/m1/s1. The molecule has 4 rings (SSSR count). The highest BCUT2D eigenvalue weighted by atomic mass is 79.9. The van der Waals surface area contributed by atoms with Crippen molar-refractivity contribution >= 4 is 33.5 Å². The summed E-state index contributed by atoms with van der Waals surface area (Å²) in [5, 5.41) is 2.95. The Morgan fingerprint density at radius 1 is 1.39 bits per heavy atom. The zero-order chi connectivity index (χ0) is 16.1. The Bertz CT molecular complexity index is 664. The van der Waals surface area contributed by atoms with E-state index in [1.165, 1.54) is 0 Å². The van der Waals surface area contributed by atoms with Gasteiger partial charge in [-0.05, 0) is 31.4 Å². The fourth-order valence-electron chi connectivity index (χ4n) is 4.40. The van der Waals surface area contributed by atoms with Crippen LogP contribution in [0.25, 0.3) is 0 Å². The molecule has 0 unspecified atom stereocenters. The number of esters is 1. The molecule has 3 fully saturated rings. The molecule has 2 saturated carbocycles. The first-order valence-electron chi connectivity index (χ1n) is 7.99. The number of ether oxygens (including phenoxy) is 2. The molecule has 1 aliphatic heterocycles. The molecule has 1 amide bonds. The summed E-state index contributed by atoms with van der Waals surface area (Å²) >= 11 is 3.63. The first kappa shape index (κ1) is 15.0. The summed E-state index contributed by atoms with van der Waals surface area (Å²) in [5.41, 5.74) is 0.649. The zero-order valence-corrected chi connectivity index (χ0v) is 14.3. The highest BCUT2D eigenvalue weighted by Gasteiger charge is 2.67. The molecule has 5 nitrogen and oxygen atoms in total. The predicted molar refractivity (Wildman–Crippen MR) is 87.4 cm³/mol. The van der Waals surface area contributed by atoms with E-state index >= 15 is 0 Å². The molecule has 1 heterocycles. The molecule has 0 aromatic heterocycles. The molecule has 1 aromatic rings. The van der Waals surface area contributed by atoms with Gasteiger partial charge < -0.3 is 14.8 Å². The van der Waals surface area contributed by atoms with Crippen LogP contribution < -0.4 is 10.1 Å². The minimum Gasteiger partial charge on any atom is -0.492 e.